The predicted octanol–water partition coefficient (Wildman–Crippen LogP) is 1.87. The first-order valence-corrected chi connectivity index (χ1v) is 10.3. The number of carbonyl (C=O) groups excluding carboxylic acids is 2. The average Bonchev–Trinajstić information content (AvgIpc) is 2.75. The molecule has 2 rings (SSSR count). The number of nitrogens with zero attached hydrogens (tertiary/aromatic N) is 2. The number of hydrogen-bond acceptors (Lipinski definition) is 7. The minimum absolute atomic E-state index is 0. The summed E-state index contributed by atoms with van der Waals surface area (Å²) in [5.74, 6) is -1.39. The van der Waals surface area contributed by atoms with Gasteiger partial charge in [-0.3, -0.25) is 24.5 Å². The van der Waals surface area contributed by atoms with Crippen molar-refractivity contribution in [3.05, 3.63) is 63.3 Å². The van der Waals surface area contributed by atoms with Crippen molar-refractivity contribution in [1.29, 1.82) is 0 Å². The second-order valence-corrected chi connectivity index (χ2v) is 7.55. The van der Waals surface area contributed by atoms with E-state index in [2.05, 4.69) is 20.9 Å². The third kappa shape index (κ3) is 9.86. The summed E-state index contributed by atoms with van der Waals surface area (Å²) in [6.45, 7) is 3.71. The van der Waals surface area contributed by atoms with E-state index in [1.54, 1.807) is 13.1 Å². The Hall–Kier alpha value is -3.02. The molecule has 2 aromatic rings. The quantitative estimate of drug-likeness (QED) is 0.155. The molecule has 0 aliphatic carbocycles. The third-order valence-electron chi connectivity index (χ3n) is 4.79. The first kappa shape index (κ1) is 29.0. The van der Waals surface area contributed by atoms with E-state index in [0.717, 1.165) is 11.4 Å². The van der Waals surface area contributed by atoms with E-state index >= 15 is 0 Å². The molecule has 0 bridgehead atoms. The first-order valence-electron chi connectivity index (χ1n) is 10.3. The monoisotopic (exact) mass is 480 g/mol. The molecule has 1 aromatic heterocycles. The van der Waals surface area contributed by atoms with E-state index in [9.17, 15) is 24.5 Å². The van der Waals surface area contributed by atoms with Crippen LogP contribution in [-0.2, 0) is 14.4 Å². The van der Waals surface area contributed by atoms with Crippen LogP contribution in [0.25, 0.3) is 0 Å². The van der Waals surface area contributed by atoms with Crippen LogP contribution < -0.4 is 16.0 Å². The van der Waals surface area contributed by atoms with Gasteiger partial charge in [0.05, 0.1) is 23.9 Å². The molecule has 1 atom stereocenters. The van der Waals surface area contributed by atoms with Gasteiger partial charge in [0.2, 0.25) is 11.8 Å². The van der Waals surface area contributed by atoms with Crippen LogP contribution in [0.5, 0.6) is 0 Å². The molecule has 177 valence electrons. The molecule has 0 aliphatic heterocycles. The zero-order chi connectivity index (χ0) is 24.4. The number of hydrogen-bond donors (Lipinski definition) is 4. The number of carbonyl (C=O) groups is 3. The number of pyridine rings is 1. The summed E-state index contributed by atoms with van der Waals surface area (Å²) in [6.07, 6.45) is 1.94. The maximum absolute atomic E-state index is 12.3. The van der Waals surface area contributed by atoms with Gasteiger partial charge < -0.3 is 21.1 Å². The topological polar surface area (TPSA) is 164 Å². The van der Waals surface area contributed by atoms with Gasteiger partial charge >= 0.3 is 5.97 Å². The predicted molar refractivity (Wildman–Crippen MR) is 126 cm³/mol. The van der Waals surface area contributed by atoms with Crippen LogP contribution >= 0.6 is 0 Å². The SMILES string of the molecule is Cc1ccnc(NCCCC(=O)NCC(=O)NC(CC(=O)O)c2ccc(C)c([N+](=O)[O-])c2)c1.[Na]. The normalized spacial score (nSPS) is 11.0. The standard InChI is InChI=1S/C22H27N5O6.Na/c1-14-7-9-24-19(10-14)23-8-3-4-20(28)25-13-21(29)26-17(12-22(30)31)16-6-5-15(2)18(11-16)27(32)33;/h5-7,9-11,17H,3-4,8,12-13H2,1-2H3,(H,23,24)(H,25,28)(H,26,29)(H,30,31);. The zero-order valence-corrected chi connectivity index (χ0v) is 21.5. The number of anilines is 1. The summed E-state index contributed by atoms with van der Waals surface area (Å²) in [6, 6.07) is 7.07. The van der Waals surface area contributed by atoms with Gasteiger partial charge in [-0.1, -0.05) is 12.1 Å². The molecule has 1 radical (unpaired) electrons. The van der Waals surface area contributed by atoms with E-state index in [0.29, 0.717) is 24.1 Å². The number of aliphatic carboxylic acids is 1. The molecule has 0 saturated heterocycles. The molecule has 11 nitrogen and oxygen atoms in total. The van der Waals surface area contributed by atoms with Gasteiger partial charge in [-0.25, -0.2) is 4.98 Å². The second-order valence-electron chi connectivity index (χ2n) is 7.55. The van der Waals surface area contributed by atoms with Crippen molar-refractivity contribution in [3.63, 3.8) is 0 Å². The number of benzene rings is 1. The molecular weight excluding hydrogens is 453 g/mol. The zero-order valence-electron chi connectivity index (χ0n) is 19.5. The summed E-state index contributed by atoms with van der Waals surface area (Å²) in [4.78, 5) is 50.3. The van der Waals surface area contributed by atoms with E-state index in [1.165, 1.54) is 18.2 Å². The van der Waals surface area contributed by atoms with Crippen LogP contribution in [-0.4, -0.2) is 75.4 Å². The van der Waals surface area contributed by atoms with Crippen LogP contribution in [0.1, 0.15) is 42.0 Å². The van der Waals surface area contributed by atoms with Crippen molar-refractivity contribution >= 4 is 58.8 Å². The maximum atomic E-state index is 12.3. The number of nitrogens with one attached hydrogen (secondary N) is 3. The van der Waals surface area contributed by atoms with Crippen LogP contribution in [0.15, 0.2) is 36.5 Å². The van der Waals surface area contributed by atoms with Crippen LogP contribution in [0.3, 0.4) is 0 Å². The number of amides is 2. The Morgan fingerprint density at radius 2 is 1.88 bits per heavy atom. The van der Waals surface area contributed by atoms with Crippen molar-refractivity contribution in [2.45, 2.75) is 39.2 Å². The van der Waals surface area contributed by atoms with Crippen molar-refractivity contribution in [3.8, 4) is 0 Å². The fourth-order valence-corrected chi connectivity index (χ4v) is 3.08. The number of nitro groups is 1. The number of carboxylic acids is 1. The maximum Gasteiger partial charge on any atom is 0.305 e. The molecule has 4 N–H and O–H groups in total. The van der Waals surface area contributed by atoms with Gasteiger partial charge in [-0.2, -0.15) is 0 Å². The van der Waals surface area contributed by atoms with Gasteiger partial charge in [-0.05, 0) is 43.5 Å². The summed E-state index contributed by atoms with van der Waals surface area (Å²) in [5.41, 5.74) is 1.62. The minimum atomic E-state index is -1.18. The van der Waals surface area contributed by atoms with Crippen molar-refractivity contribution in [2.24, 2.45) is 0 Å². The molecule has 0 spiro atoms. The molecule has 1 heterocycles. The number of aromatic nitrogens is 1. The van der Waals surface area contributed by atoms with Gasteiger partial charge in [-0.15, -0.1) is 0 Å². The Balaban J connectivity index is 0.00000578. The molecule has 1 aromatic carbocycles. The number of nitro benzene ring substituents is 1. The molecule has 34 heavy (non-hydrogen) atoms. The number of carboxylic acid groups (broad SMARTS) is 1. The molecule has 0 fully saturated rings. The fourth-order valence-electron chi connectivity index (χ4n) is 3.08. The average molecular weight is 480 g/mol. The van der Waals surface area contributed by atoms with Crippen LogP contribution in [0.2, 0.25) is 0 Å². The number of aryl methyl sites for hydroxylation is 2. The van der Waals surface area contributed by atoms with Gasteiger partial charge in [0.25, 0.3) is 5.69 Å². The molecular formula is C22H27N5NaO6. The van der Waals surface area contributed by atoms with E-state index in [1.807, 2.05) is 19.1 Å². The Kier molecular flexibility index (Phi) is 12.2. The molecule has 1 unspecified atom stereocenters. The third-order valence-corrected chi connectivity index (χ3v) is 4.79. The Morgan fingerprint density at radius 3 is 2.53 bits per heavy atom. The second kappa shape index (κ2) is 14.3. The van der Waals surface area contributed by atoms with E-state index in [-0.39, 0.29) is 54.1 Å². The smallest absolute Gasteiger partial charge is 0.305 e. The molecule has 0 aliphatic rings. The first-order chi connectivity index (χ1) is 15.7. The molecule has 12 heteroatoms. The summed E-state index contributed by atoms with van der Waals surface area (Å²) in [7, 11) is 0. The van der Waals surface area contributed by atoms with Crippen molar-refractivity contribution < 1.29 is 24.4 Å². The van der Waals surface area contributed by atoms with Gasteiger partial charge in [0.15, 0.2) is 0 Å². The Labute approximate surface area is 219 Å². The largest absolute Gasteiger partial charge is 0.481 e. The summed E-state index contributed by atoms with van der Waals surface area (Å²) >= 11 is 0. The minimum Gasteiger partial charge on any atom is -0.481 e. The summed E-state index contributed by atoms with van der Waals surface area (Å²) in [5, 5.41) is 28.5. The van der Waals surface area contributed by atoms with Crippen LogP contribution in [0, 0.1) is 24.0 Å². The van der Waals surface area contributed by atoms with Crippen molar-refractivity contribution in [1.82, 2.24) is 15.6 Å². The fraction of sp³-hybridized carbons (Fsp3) is 0.364. The Morgan fingerprint density at radius 1 is 1.15 bits per heavy atom. The van der Waals surface area contributed by atoms with E-state index < -0.39 is 29.3 Å². The molecule has 2 amide bonds. The van der Waals surface area contributed by atoms with E-state index in [4.69, 9.17) is 5.11 Å². The van der Waals surface area contributed by atoms with Crippen LogP contribution in [0.4, 0.5) is 11.5 Å². The summed E-state index contributed by atoms with van der Waals surface area (Å²) < 4.78 is 0. The Bertz CT molecular complexity index is 1030. The van der Waals surface area contributed by atoms with Gasteiger partial charge in [0.1, 0.15) is 5.82 Å². The molecule has 0 saturated carbocycles. The number of rotatable bonds is 12. The van der Waals surface area contributed by atoms with Gasteiger partial charge in [0, 0.05) is 60.3 Å². The van der Waals surface area contributed by atoms with Crippen molar-refractivity contribution in [2.75, 3.05) is 18.4 Å².